The van der Waals surface area contributed by atoms with E-state index in [0.29, 0.717) is 6.04 Å². The van der Waals surface area contributed by atoms with E-state index >= 15 is 0 Å². The molecule has 0 saturated heterocycles. The van der Waals surface area contributed by atoms with Crippen LogP contribution in [0.3, 0.4) is 0 Å². The average Bonchev–Trinajstić information content (AvgIpc) is 2.53. The van der Waals surface area contributed by atoms with E-state index in [1.807, 2.05) is 6.07 Å². The molecule has 21 heavy (non-hydrogen) atoms. The molecule has 110 valence electrons. The molecule has 2 heteroatoms. The van der Waals surface area contributed by atoms with Crippen molar-refractivity contribution >= 4 is 5.69 Å². The van der Waals surface area contributed by atoms with Crippen molar-refractivity contribution in [1.82, 2.24) is 5.32 Å². The summed E-state index contributed by atoms with van der Waals surface area (Å²) in [7, 11) is 0. The monoisotopic (exact) mass is 280 g/mol. The van der Waals surface area contributed by atoms with Crippen LogP contribution in [0.4, 0.5) is 5.69 Å². The lowest BCUT2D eigenvalue weighted by Gasteiger charge is -2.26. The minimum absolute atomic E-state index is 0.607. The maximum absolute atomic E-state index is 6.05. The van der Waals surface area contributed by atoms with E-state index in [-0.39, 0.29) is 0 Å². The Morgan fingerprint density at radius 1 is 1.05 bits per heavy atom. The quantitative estimate of drug-likeness (QED) is 0.651. The second kappa shape index (κ2) is 6.77. The Bertz CT molecular complexity index is 577. The molecule has 3 rings (SSSR count). The van der Waals surface area contributed by atoms with E-state index < -0.39 is 0 Å². The molecule has 2 nitrogen and oxygen atoms in total. The molecule has 1 aliphatic rings. The van der Waals surface area contributed by atoms with Gasteiger partial charge in [0.25, 0.3) is 0 Å². The van der Waals surface area contributed by atoms with Crippen LogP contribution in [0.1, 0.15) is 29.5 Å². The van der Waals surface area contributed by atoms with Crippen LogP contribution in [0.5, 0.6) is 0 Å². The SMILES string of the molecule is Nc1cccc2c1CCC(NCCCc1ccccc1)C2. The molecule has 3 N–H and O–H groups in total. The number of nitrogens with two attached hydrogens (primary N) is 1. The van der Waals surface area contributed by atoms with Crippen LogP contribution in [0.15, 0.2) is 48.5 Å². The fourth-order valence-electron chi connectivity index (χ4n) is 3.25. The summed E-state index contributed by atoms with van der Waals surface area (Å²) in [6.45, 7) is 1.09. The highest BCUT2D eigenvalue weighted by molar-refractivity contribution is 5.52. The molecular formula is C19H24N2. The first kappa shape index (κ1) is 14.2. The second-order valence-corrected chi connectivity index (χ2v) is 5.97. The molecule has 0 aromatic heterocycles. The largest absolute Gasteiger partial charge is 0.398 e. The predicted octanol–water partition coefficient (Wildman–Crippen LogP) is 3.35. The molecule has 0 radical (unpaired) electrons. The highest BCUT2D eigenvalue weighted by Crippen LogP contribution is 2.26. The smallest absolute Gasteiger partial charge is 0.0349 e. The molecule has 0 heterocycles. The molecule has 1 aliphatic carbocycles. The zero-order valence-corrected chi connectivity index (χ0v) is 12.5. The van der Waals surface area contributed by atoms with E-state index in [1.165, 1.54) is 29.5 Å². The number of nitrogens with one attached hydrogen (secondary N) is 1. The molecule has 0 aliphatic heterocycles. The van der Waals surface area contributed by atoms with Gasteiger partial charge >= 0.3 is 0 Å². The molecule has 1 unspecified atom stereocenters. The van der Waals surface area contributed by atoms with Gasteiger partial charge in [0.15, 0.2) is 0 Å². The maximum atomic E-state index is 6.05. The Labute approximate surface area is 127 Å². The predicted molar refractivity (Wildman–Crippen MR) is 89.4 cm³/mol. The third kappa shape index (κ3) is 3.64. The van der Waals surface area contributed by atoms with Gasteiger partial charge in [-0.25, -0.2) is 0 Å². The van der Waals surface area contributed by atoms with Crippen molar-refractivity contribution in [3.8, 4) is 0 Å². The number of hydrogen-bond acceptors (Lipinski definition) is 2. The van der Waals surface area contributed by atoms with E-state index in [1.54, 1.807) is 0 Å². The Morgan fingerprint density at radius 2 is 1.90 bits per heavy atom. The van der Waals surface area contributed by atoms with Gasteiger partial charge in [0.1, 0.15) is 0 Å². The third-order valence-corrected chi connectivity index (χ3v) is 4.44. The fourth-order valence-corrected chi connectivity index (χ4v) is 3.25. The number of aryl methyl sites for hydroxylation is 1. The van der Waals surface area contributed by atoms with Gasteiger partial charge in [0, 0.05) is 11.7 Å². The van der Waals surface area contributed by atoms with E-state index in [0.717, 1.165) is 31.5 Å². The second-order valence-electron chi connectivity index (χ2n) is 5.97. The van der Waals surface area contributed by atoms with Crippen LogP contribution in [0, 0.1) is 0 Å². The molecule has 2 aromatic carbocycles. The molecule has 0 spiro atoms. The Balaban J connectivity index is 1.45. The third-order valence-electron chi connectivity index (χ3n) is 4.44. The lowest BCUT2D eigenvalue weighted by atomic mass is 9.87. The van der Waals surface area contributed by atoms with Crippen molar-refractivity contribution in [2.75, 3.05) is 12.3 Å². The van der Waals surface area contributed by atoms with E-state index in [4.69, 9.17) is 5.73 Å². The van der Waals surface area contributed by atoms with Crippen LogP contribution in [0.25, 0.3) is 0 Å². The van der Waals surface area contributed by atoms with Crippen molar-refractivity contribution in [3.05, 3.63) is 65.2 Å². The summed E-state index contributed by atoms with van der Waals surface area (Å²) in [6, 6.07) is 17.7. The molecule has 1 atom stereocenters. The topological polar surface area (TPSA) is 38.0 Å². The first-order chi connectivity index (χ1) is 10.3. The summed E-state index contributed by atoms with van der Waals surface area (Å²) < 4.78 is 0. The Morgan fingerprint density at radius 3 is 2.76 bits per heavy atom. The number of hydrogen-bond donors (Lipinski definition) is 2. The molecule has 0 amide bonds. The van der Waals surface area contributed by atoms with Crippen molar-refractivity contribution in [1.29, 1.82) is 0 Å². The molecular weight excluding hydrogens is 256 g/mol. The fraction of sp³-hybridized carbons (Fsp3) is 0.368. The van der Waals surface area contributed by atoms with Gasteiger partial charge in [0.2, 0.25) is 0 Å². The lowest BCUT2D eigenvalue weighted by molar-refractivity contribution is 0.455. The van der Waals surface area contributed by atoms with Crippen LogP contribution < -0.4 is 11.1 Å². The summed E-state index contributed by atoms with van der Waals surface area (Å²) in [5.41, 5.74) is 11.3. The zero-order valence-electron chi connectivity index (χ0n) is 12.5. The van der Waals surface area contributed by atoms with Crippen molar-refractivity contribution in [2.45, 2.75) is 38.1 Å². The normalized spacial score (nSPS) is 17.4. The number of benzene rings is 2. The Hall–Kier alpha value is -1.80. The zero-order chi connectivity index (χ0) is 14.5. The summed E-state index contributed by atoms with van der Waals surface area (Å²) >= 11 is 0. The van der Waals surface area contributed by atoms with Gasteiger partial charge in [-0.3, -0.25) is 0 Å². The van der Waals surface area contributed by atoms with Crippen molar-refractivity contribution in [2.24, 2.45) is 0 Å². The van der Waals surface area contributed by atoms with E-state index in [9.17, 15) is 0 Å². The van der Waals surface area contributed by atoms with Crippen molar-refractivity contribution < 1.29 is 0 Å². The molecule has 2 aromatic rings. The van der Waals surface area contributed by atoms with Gasteiger partial charge in [0.05, 0.1) is 0 Å². The van der Waals surface area contributed by atoms with Gasteiger partial charge in [-0.2, -0.15) is 0 Å². The number of nitrogen functional groups attached to an aromatic ring is 1. The summed E-state index contributed by atoms with van der Waals surface area (Å²) in [5, 5.41) is 3.71. The number of fused-ring (bicyclic) bond motifs is 1. The maximum Gasteiger partial charge on any atom is 0.0349 e. The van der Waals surface area contributed by atoms with Crippen LogP contribution >= 0.6 is 0 Å². The highest BCUT2D eigenvalue weighted by atomic mass is 14.9. The summed E-state index contributed by atoms with van der Waals surface area (Å²) in [6.07, 6.45) is 5.78. The molecule has 0 bridgehead atoms. The van der Waals surface area contributed by atoms with Gasteiger partial charge < -0.3 is 11.1 Å². The van der Waals surface area contributed by atoms with Gasteiger partial charge in [-0.15, -0.1) is 0 Å². The average molecular weight is 280 g/mol. The van der Waals surface area contributed by atoms with Crippen LogP contribution in [-0.4, -0.2) is 12.6 Å². The molecule has 0 fully saturated rings. The lowest BCUT2D eigenvalue weighted by Crippen LogP contribution is -2.35. The summed E-state index contributed by atoms with van der Waals surface area (Å²) in [5.74, 6) is 0. The minimum Gasteiger partial charge on any atom is -0.398 e. The first-order valence-electron chi connectivity index (χ1n) is 7.96. The number of rotatable bonds is 5. The Kier molecular flexibility index (Phi) is 4.56. The van der Waals surface area contributed by atoms with E-state index in [2.05, 4.69) is 47.8 Å². The highest BCUT2D eigenvalue weighted by Gasteiger charge is 2.19. The first-order valence-corrected chi connectivity index (χ1v) is 7.96. The van der Waals surface area contributed by atoms with Crippen LogP contribution in [-0.2, 0) is 19.3 Å². The van der Waals surface area contributed by atoms with Crippen molar-refractivity contribution in [3.63, 3.8) is 0 Å². The minimum atomic E-state index is 0.607. The molecule has 0 saturated carbocycles. The van der Waals surface area contributed by atoms with Crippen LogP contribution in [0.2, 0.25) is 0 Å². The van der Waals surface area contributed by atoms with Gasteiger partial charge in [-0.05, 0) is 61.4 Å². The summed E-state index contributed by atoms with van der Waals surface area (Å²) in [4.78, 5) is 0. The standard InChI is InChI=1S/C19H24N2/c20-19-10-4-9-16-14-17(11-12-18(16)19)21-13-5-8-15-6-2-1-3-7-15/h1-4,6-7,9-10,17,21H,5,8,11-14,20H2. The number of anilines is 1. The van der Waals surface area contributed by atoms with Gasteiger partial charge in [-0.1, -0.05) is 42.5 Å².